The second-order valence-corrected chi connectivity index (χ2v) is 3.01. The number of hydrogen-bond acceptors (Lipinski definition) is 3. The van der Waals surface area contributed by atoms with Crippen LogP contribution in [-0.2, 0) is 0 Å². The minimum Gasteiger partial charge on any atom is -0.277 e. The molecular formula is C8H11N3S. The SMILES string of the molecule is CSC(=N)N(N)c1ccccc1. The Labute approximate surface area is 76.0 Å². The quantitative estimate of drug-likeness (QED) is 0.300. The number of benzene rings is 1. The van der Waals surface area contributed by atoms with Crippen LogP contribution < -0.4 is 10.9 Å². The van der Waals surface area contributed by atoms with Crippen LogP contribution in [0.3, 0.4) is 0 Å². The van der Waals surface area contributed by atoms with Crippen LogP contribution in [0, 0.1) is 5.41 Å². The summed E-state index contributed by atoms with van der Waals surface area (Å²) >= 11 is 1.31. The molecule has 0 saturated heterocycles. The summed E-state index contributed by atoms with van der Waals surface area (Å²) < 4.78 is 0. The van der Waals surface area contributed by atoms with Gasteiger partial charge in [-0.3, -0.25) is 10.4 Å². The summed E-state index contributed by atoms with van der Waals surface area (Å²) in [6, 6.07) is 9.43. The summed E-state index contributed by atoms with van der Waals surface area (Å²) in [6.45, 7) is 0. The maximum Gasteiger partial charge on any atom is 0.175 e. The number of thioether (sulfide) groups is 1. The molecule has 1 rings (SSSR count). The van der Waals surface area contributed by atoms with Gasteiger partial charge in [-0.05, 0) is 18.4 Å². The van der Waals surface area contributed by atoms with Crippen LogP contribution in [0.5, 0.6) is 0 Å². The highest BCUT2D eigenvalue weighted by Gasteiger charge is 2.04. The van der Waals surface area contributed by atoms with E-state index < -0.39 is 0 Å². The van der Waals surface area contributed by atoms with Gasteiger partial charge in [0.1, 0.15) is 0 Å². The van der Waals surface area contributed by atoms with Crippen molar-refractivity contribution in [2.24, 2.45) is 5.84 Å². The van der Waals surface area contributed by atoms with E-state index in [1.54, 1.807) is 0 Å². The van der Waals surface area contributed by atoms with E-state index in [0.717, 1.165) is 5.69 Å². The fourth-order valence-electron chi connectivity index (χ4n) is 0.804. The van der Waals surface area contributed by atoms with Crippen molar-refractivity contribution < 1.29 is 0 Å². The molecule has 4 heteroatoms. The van der Waals surface area contributed by atoms with Gasteiger partial charge in [0.15, 0.2) is 5.17 Å². The molecule has 0 aliphatic rings. The van der Waals surface area contributed by atoms with E-state index in [4.69, 9.17) is 11.3 Å². The van der Waals surface area contributed by atoms with Gasteiger partial charge < -0.3 is 0 Å². The number of hydrazine groups is 1. The number of anilines is 1. The molecule has 0 spiro atoms. The number of nitrogens with one attached hydrogen (secondary N) is 1. The maximum absolute atomic E-state index is 7.44. The second kappa shape index (κ2) is 4.13. The smallest absolute Gasteiger partial charge is 0.175 e. The average molecular weight is 181 g/mol. The van der Waals surface area contributed by atoms with E-state index >= 15 is 0 Å². The third-order valence-electron chi connectivity index (χ3n) is 1.45. The molecule has 0 aromatic heterocycles. The van der Waals surface area contributed by atoms with Crippen LogP contribution in [-0.4, -0.2) is 11.4 Å². The number of rotatable bonds is 1. The van der Waals surface area contributed by atoms with E-state index in [0.29, 0.717) is 5.17 Å². The third kappa shape index (κ3) is 1.99. The van der Waals surface area contributed by atoms with Gasteiger partial charge in [0.2, 0.25) is 0 Å². The molecule has 0 fully saturated rings. The Bertz CT molecular complexity index is 260. The molecule has 1 aromatic carbocycles. The van der Waals surface area contributed by atoms with Crippen molar-refractivity contribution in [1.29, 1.82) is 5.41 Å². The molecule has 3 N–H and O–H groups in total. The van der Waals surface area contributed by atoms with E-state index in [1.807, 2.05) is 36.6 Å². The Hall–Kier alpha value is -1.00. The van der Waals surface area contributed by atoms with Crippen molar-refractivity contribution in [2.45, 2.75) is 0 Å². The minimum atomic E-state index is 0.334. The van der Waals surface area contributed by atoms with Crippen LogP contribution in [0.2, 0.25) is 0 Å². The standard InChI is InChI=1S/C8H11N3S/c1-12-8(9)11(10)7-5-3-2-4-6-7/h2-6,9H,10H2,1H3. The highest BCUT2D eigenvalue weighted by Crippen LogP contribution is 2.12. The van der Waals surface area contributed by atoms with Gasteiger partial charge >= 0.3 is 0 Å². The first-order chi connectivity index (χ1) is 5.75. The van der Waals surface area contributed by atoms with Crippen LogP contribution in [0.15, 0.2) is 30.3 Å². The average Bonchev–Trinajstić information content (AvgIpc) is 2.17. The number of amidine groups is 1. The molecule has 1 aromatic rings. The van der Waals surface area contributed by atoms with E-state index in [9.17, 15) is 0 Å². The summed E-state index contributed by atoms with van der Waals surface area (Å²) in [5.41, 5.74) is 0.830. The molecule has 0 saturated carbocycles. The Balaban J connectivity index is 2.78. The van der Waals surface area contributed by atoms with Crippen molar-refractivity contribution in [3.05, 3.63) is 30.3 Å². The lowest BCUT2D eigenvalue weighted by Gasteiger charge is -2.16. The number of nitrogens with zero attached hydrogens (tertiary/aromatic N) is 1. The van der Waals surface area contributed by atoms with Crippen molar-refractivity contribution in [3.8, 4) is 0 Å². The first-order valence-corrected chi connectivity index (χ1v) is 4.70. The summed E-state index contributed by atoms with van der Waals surface area (Å²) in [4.78, 5) is 0. The van der Waals surface area contributed by atoms with Crippen molar-refractivity contribution in [2.75, 3.05) is 11.3 Å². The molecular weight excluding hydrogens is 170 g/mol. The summed E-state index contributed by atoms with van der Waals surface area (Å²) in [5.74, 6) is 5.64. The van der Waals surface area contributed by atoms with E-state index in [1.165, 1.54) is 16.8 Å². The fourth-order valence-corrected chi connectivity index (χ4v) is 1.11. The minimum absolute atomic E-state index is 0.334. The van der Waals surface area contributed by atoms with Crippen LogP contribution >= 0.6 is 11.8 Å². The van der Waals surface area contributed by atoms with Gasteiger partial charge in [-0.1, -0.05) is 30.0 Å². The van der Waals surface area contributed by atoms with Gasteiger partial charge in [-0.25, -0.2) is 5.84 Å². The molecule has 0 amide bonds. The molecule has 12 heavy (non-hydrogen) atoms. The van der Waals surface area contributed by atoms with Crippen LogP contribution in [0.25, 0.3) is 0 Å². The van der Waals surface area contributed by atoms with Crippen molar-refractivity contribution >= 4 is 22.6 Å². The van der Waals surface area contributed by atoms with Crippen LogP contribution in [0.4, 0.5) is 5.69 Å². The normalized spacial score (nSPS) is 9.50. The third-order valence-corrected chi connectivity index (χ3v) is 2.03. The molecule has 0 radical (unpaired) electrons. The van der Waals surface area contributed by atoms with Crippen molar-refractivity contribution in [3.63, 3.8) is 0 Å². The largest absolute Gasteiger partial charge is 0.277 e. The first kappa shape index (κ1) is 9.09. The molecule has 0 bridgehead atoms. The Morgan fingerprint density at radius 2 is 2.00 bits per heavy atom. The molecule has 0 atom stereocenters. The lowest BCUT2D eigenvalue weighted by Crippen LogP contribution is -2.34. The van der Waals surface area contributed by atoms with E-state index in [2.05, 4.69) is 0 Å². The summed E-state index contributed by atoms with van der Waals surface area (Å²) in [6.07, 6.45) is 1.82. The van der Waals surface area contributed by atoms with Crippen molar-refractivity contribution in [1.82, 2.24) is 0 Å². The number of para-hydroxylation sites is 1. The Morgan fingerprint density at radius 1 is 1.42 bits per heavy atom. The zero-order valence-corrected chi connectivity index (χ0v) is 7.64. The Morgan fingerprint density at radius 3 is 2.50 bits per heavy atom. The fraction of sp³-hybridized carbons (Fsp3) is 0.125. The zero-order chi connectivity index (χ0) is 8.97. The highest BCUT2D eigenvalue weighted by molar-refractivity contribution is 8.13. The highest BCUT2D eigenvalue weighted by atomic mass is 32.2. The first-order valence-electron chi connectivity index (χ1n) is 3.48. The Kier molecular flexibility index (Phi) is 3.13. The predicted octanol–water partition coefficient (Wildman–Crippen LogP) is 1.66. The molecule has 3 nitrogen and oxygen atoms in total. The molecule has 0 heterocycles. The number of nitrogens with two attached hydrogens (primary N) is 1. The number of hydrogen-bond donors (Lipinski definition) is 2. The molecule has 64 valence electrons. The van der Waals surface area contributed by atoms with Gasteiger partial charge in [-0.15, -0.1) is 0 Å². The summed E-state index contributed by atoms with van der Waals surface area (Å²) in [7, 11) is 0. The van der Waals surface area contributed by atoms with E-state index in [-0.39, 0.29) is 0 Å². The topological polar surface area (TPSA) is 53.1 Å². The monoisotopic (exact) mass is 181 g/mol. The zero-order valence-electron chi connectivity index (χ0n) is 6.82. The van der Waals surface area contributed by atoms with Gasteiger partial charge in [0, 0.05) is 0 Å². The lowest BCUT2D eigenvalue weighted by molar-refractivity contribution is 1.13. The molecule has 0 aliphatic heterocycles. The van der Waals surface area contributed by atoms with Gasteiger partial charge in [0.05, 0.1) is 5.69 Å². The predicted molar refractivity (Wildman–Crippen MR) is 54.4 cm³/mol. The summed E-state index contributed by atoms with van der Waals surface area (Å²) in [5, 5.41) is 9.13. The van der Waals surface area contributed by atoms with Crippen LogP contribution in [0.1, 0.15) is 0 Å². The second-order valence-electron chi connectivity index (χ2n) is 2.21. The van der Waals surface area contributed by atoms with Gasteiger partial charge in [0.25, 0.3) is 0 Å². The maximum atomic E-state index is 7.44. The molecule has 0 unspecified atom stereocenters. The lowest BCUT2D eigenvalue weighted by atomic mass is 10.3. The molecule has 0 aliphatic carbocycles. The van der Waals surface area contributed by atoms with Gasteiger partial charge in [-0.2, -0.15) is 0 Å².